The van der Waals surface area contributed by atoms with Crippen molar-refractivity contribution < 1.29 is 4.79 Å². The van der Waals surface area contributed by atoms with Crippen molar-refractivity contribution in [2.24, 2.45) is 5.73 Å². The summed E-state index contributed by atoms with van der Waals surface area (Å²) in [6.07, 6.45) is 8.18. The predicted molar refractivity (Wildman–Crippen MR) is 55.7 cm³/mol. The zero-order valence-corrected chi connectivity index (χ0v) is 8.65. The van der Waals surface area contributed by atoms with Gasteiger partial charge < -0.3 is 10.6 Å². The van der Waals surface area contributed by atoms with Crippen LogP contribution in [0.4, 0.5) is 0 Å². The first-order valence-electron chi connectivity index (χ1n) is 5.42. The number of fused-ring (bicyclic) bond motifs is 2. The first kappa shape index (κ1) is 9.71. The lowest BCUT2D eigenvalue weighted by molar-refractivity contribution is -0.133. The molecule has 2 rings (SSSR count). The van der Waals surface area contributed by atoms with Gasteiger partial charge in [0.1, 0.15) is 0 Å². The summed E-state index contributed by atoms with van der Waals surface area (Å²) >= 11 is 0. The van der Waals surface area contributed by atoms with Crippen LogP contribution in [-0.2, 0) is 4.79 Å². The van der Waals surface area contributed by atoms with Crippen LogP contribution in [0, 0.1) is 0 Å². The molecule has 0 radical (unpaired) electrons. The van der Waals surface area contributed by atoms with E-state index in [0.29, 0.717) is 18.5 Å². The van der Waals surface area contributed by atoms with E-state index < -0.39 is 0 Å². The van der Waals surface area contributed by atoms with Crippen LogP contribution in [-0.4, -0.2) is 28.9 Å². The second-order valence-corrected chi connectivity index (χ2v) is 4.44. The molecule has 1 saturated heterocycles. The Morgan fingerprint density at radius 3 is 3.07 bits per heavy atom. The molecule has 2 bridgehead atoms. The van der Waals surface area contributed by atoms with Crippen molar-refractivity contribution in [1.29, 1.82) is 0 Å². The molecule has 78 valence electrons. The van der Waals surface area contributed by atoms with Crippen molar-refractivity contribution in [3.63, 3.8) is 0 Å². The maximum absolute atomic E-state index is 11.9. The van der Waals surface area contributed by atoms with Gasteiger partial charge >= 0.3 is 0 Å². The van der Waals surface area contributed by atoms with Gasteiger partial charge in [0, 0.05) is 18.5 Å². The monoisotopic (exact) mass is 194 g/mol. The number of rotatable bonds is 2. The fourth-order valence-corrected chi connectivity index (χ4v) is 2.49. The van der Waals surface area contributed by atoms with Gasteiger partial charge in [-0.2, -0.15) is 0 Å². The van der Waals surface area contributed by atoms with Crippen LogP contribution in [0.5, 0.6) is 0 Å². The average Bonchev–Trinajstić information content (AvgIpc) is 2.36. The molecule has 0 aliphatic carbocycles. The smallest absolute Gasteiger partial charge is 0.224 e. The lowest BCUT2D eigenvalue weighted by Crippen LogP contribution is -2.43. The van der Waals surface area contributed by atoms with Crippen LogP contribution in [0.2, 0.25) is 0 Å². The lowest BCUT2D eigenvalue weighted by Gasteiger charge is -2.32. The van der Waals surface area contributed by atoms with Gasteiger partial charge in [-0.3, -0.25) is 4.79 Å². The first-order valence-corrected chi connectivity index (χ1v) is 5.42. The quantitative estimate of drug-likeness (QED) is 0.668. The number of carbonyl (C=O) groups is 1. The van der Waals surface area contributed by atoms with Gasteiger partial charge in [0.15, 0.2) is 0 Å². The van der Waals surface area contributed by atoms with Crippen molar-refractivity contribution in [3.8, 4) is 0 Å². The van der Waals surface area contributed by atoms with Gasteiger partial charge in [0.25, 0.3) is 0 Å². The predicted octanol–water partition coefficient (Wildman–Crippen LogP) is 1.04. The zero-order valence-electron chi connectivity index (χ0n) is 8.65. The minimum Gasteiger partial charge on any atom is -0.333 e. The highest BCUT2D eigenvalue weighted by Crippen LogP contribution is 2.31. The Labute approximate surface area is 84.9 Å². The van der Waals surface area contributed by atoms with Gasteiger partial charge in [-0.15, -0.1) is 0 Å². The molecule has 1 amide bonds. The second-order valence-electron chi connectivity index (χ2n) is 4.44. The van der Waals surface area contributed by atoms with E-state index in [4.69, 9.17) is 5.73 Å². The molecule has 0 aromatic heterocycles. The molecule has 2 N–H and O–H groups in total. The standard InChI is InChI=1S/C11H18N2O/c1-8(12)7-11(14)13-9-3-2-4-10(13)6-5-9/h2-3,8-10H,4-7,12H2,1H3. The van der Waals surface area contributed by atoms with Gasteiger partial charge in [-0.05, 0) is 26.2 Å². The average molecular weight is 194 g/mol. The fraction of sp³-hybridized carbons (Fsp3) is 0.727. The van der Waals surface area contributed by atoms with Crippen molar-refractivity contribution in [3.05, 3.63) is 12.2 Å². The molecular formula is C11H18N2O. The largest absolute Gasteiger partial charge is 0.333 e. The van der Waals surface area contributed by atoms with E-state index in [1.165, 1.54) is 0 Å². The zero-order chi connectivity index (χ0) is 10.1. The van der Waals surface area contributed by atoms with Gasteiger partial charge in [-0.25, -0.2) is 0 Å². The van der Waals surface area contributed by atoms with Crippen molar-refractivity contribution in [2.75, 3.05) is 0 Å². The molecule has 14 heavy (non-hydrogen) atoms. The summed E-state index contributed by atoms with van der Waals surface area (Å²) in [5.74, 6) is 0.233. The molecule has 0 aromatic carbocycles. The first-order chi connectivity index (χ1) is 6.68. The molecular weight excluding hydrogens is 176 g/mol. The third kappa shape index (κ3) is 1.69. The summed E-state index contributed by atoms with van der Waals surface area (Å²) in [6, 6.07) is 0.795. The molecule has 3 unspecified atom stereocenters. The third-order valence-corrected chi connectivity index (χ3v) is 3.10. The van der Waals surface area contributed by atoms with E-state index in [-0.39, 0.29) is 11.9 Å². The summed E-state index contributed by atoms with van der Waals surface area (Å²) in [7, 11) is 0. The second kappa shape index (κ2) is 3.73. The molecule has 2 aliphatic rings. The Morgan fingerprint density at radius 2 is 2.43 bits per heavy atom. The van der Waals surface area contributed by atoms with Gasteiger partial charge in [-0.1, -0.05) is 12.2 Å². The molecule has 3 atom stereocenters. The topological polar surface area (TPSA) is 46.3 Å². The van der Waals surface area contributed by atoms with Crippen LogP contribution in [0.3, 0.4) is 0 Å². The normalized spacial score (nSPS) is 32.0. The number of nitrogens with zero attached hydrogens (tertiary/aromatic N) is 1. The van der Waals surface area contributed by atoms with E-state index in [1.807, 2.05) is 11.8 Å². The van der Waals surface area contributed by atoms with E-state index in [0.717, 1.165) is 19.3 Å². The molecule has 3 heteroatoms. The summed E-state index contributed by atoms with van der Waals surface area (Å²) in [4.78, 5) is 13.9. The van der Waals surface area contributed by atoms with Crippen molar-refractivity contribution >= 4 is 5.91 Å². The maximum atomic E-state index is 11.9. The van der Waals surface area contributed by atoms with Crippen LogP contribution in [0.1, 0.15) is 32.6 Å². The SMILES string of the molecule is CC(N)CC(=O)N1C2C=CCC1CC2. The number of nitrogens with two attached hydrogens (primary N) is 1. The molecule has 0 spiro atoms. The molecule has 0 aromatic rings. The summed E-state index contributed by atoms with van der Waals surface area (Å²) < 4.78 is 0. The van der Waals surface area contributed by atoms with Crippen LogP contribution >= 0.6 is 0 Å². The van der Waals surface area contributed by atoms with E-state index in [9.17, 15) is 4.79 Å². The number of carbonyl (C=O) groups excluding carboxylic acids is 1. The Morgan fingerprint density at radius 1 is 1.64 bits per heavy atom. The highest BCUT2D eigenvalue weighted by molar-refractivity contribution is 5.78. The van der Waals surface area contributed by atoms with Gasteiger partial charge in [0.2, 0.25) is 5.91 Å². The Hall–Kier alpha value is -0.830. The molecule has 0 saturated carbocycles. The fourth-order valence-electron chi connectivity index (χ4n) is 2.49. The maximum Gasteiger partial charge on any atom is 0.224 e. The highest BCUT2D eigenvalue weighted by atomic mass is 16.2. The summed E-state index contributed by atoms with van der Waals surface area (Å²) in [6.45, 7) is 1.89. The van der Waals surface area contributed by atoms with Gasteiger partial charge in [0.05, 0.1) is 6.04 Å². The van der Waals surface area contributed by atoms with E-state index >= 15 is 0 Å². The molecule has 1 fully saturated rings. The Bertz CT molecular complexity index is 260. The number of amides is 1. The lowest BCUT2D eigenvalue weighted by atomic mass is 10.1. The summed E-state index contributed by atoms with van der Waals surface area (Å²) in [5.41, 5.74) is 5.65. The number of hydrogen-bond donors (Lipinski definition) is 1. The Balaban J connectivity index is 2.04. The molecule has 2 aliphatic heterocycles. The van der Waals surface area contributed by atoms with E-state index in [1.54, 1.807) is 0 Å². The van der Waals surface area contributed by atoms with E-state index in [2.05, 4.69) is 12.2 Å². The Kier molecular flexibility index (Phi) is 2.59. The number of hydrogen-bond acceptors (Lipinski definition) is 2. The summed E-state index contributed by atoms with van der Waals surface area (Å²) in [5, 5.41) is 0. The third-order valence-electron chi connectivity index (χ3n) is 3.10. The van der Waals surface area contributed by atoms with Crippen molar-refractivity contribution in [2.45, 2.75) is 50.7 Å². The van der Waals surface area contributed by atoms with Crippen LogP contribution < -0.4 is 5.73 Å². The van der Waals surface area contributed by atoms with Crippen molar-refractivity contribution in [1.82, 2.24) is 4.90 Å². The minimum absolute atomic E-state index is 0.0205. The molecule has 3 nitrogen and oxygen atoms in total. The van der Waals surface area contributed by atoms with Crippen LogP contribution in [0.25, 0.3) is 0 Å². The minimum atomic E-state index is -0.0205. The van der Waals surface area contributed by atoms with Crippen LogP contribution in [0.15, 0.2) is 12.2 Å². The molecule has 2 heterocycles. The highest BCUT2D eigenvalue weighted by Gasteiger charge is 2.36.